The summed E-state index contributed by atoms with van der Waals surface area (Å²) >= 11 is 5.96. The zero-order valence-electron chi connectivity index (χ0n) is 19.4. The fraction of sp³-hybridized carbons (Fsp3) is 0.259. The number of carboxylic acids is 1. The molecule has 0 spiro atoms. The van der Waals surface area contributed by atoms with Gasteiger partial charge in [0, 0.05) is 11.6 Å². The Balaban J connectivity index is 1.51. The normalized spacial score (nSPS) is 11.8. The van der Waals surface area contributed by atoms with Crippen LogP contribution in [0.2, 0.25) is 5.02 Å². The maximum Gasteiger partial charge on any atom is 0.344 e. The highest BCUT2D eigenvalue weighted by Crippen LogP contribution is 2.25. The lowest BCUT2D eigenvalue weighted by Crippen LogP contribution is -2.28. The van der Waals surface area contributed by atoms with Gasteiger partial charge in [0.05, 0.1) is 6.54 Å². The predicted octanol–water partition coefficient (Wildman–Crippen LogP) is 6.20. The summed E-state index contributed by atoms with van der Waals surface area (Å²) in [6, 6.07) is 22.7. The molecule has 0 radical (unpaired) electrons. The number of halogens is 1. The number of para-hydroxylation sites is 2. The summed E-state index contributed by atoms with van der Waals surface area (Å²) in [7, 11) is 0. The lowest BCUT2D eigenvalue weighted by Gasteiger charge is -2.21. The highest BCUT2D eigenvalue weighted by Gasteiger charge is 2.19. The zero-order chi connectivity index (χ0) is 24.6. The molecule has 0 amide bonds. The summed E-state index contributed by atoms with van der Waals surface area (Å²) in [4.78, 5) is 18.1. The number of ether oxygens (including phenoxy) is 2. The van der Waals surface area contributed by atoms with Crippen molar-refractivity contribution in [3.8, 4) is 11.5 Å². The van der Waals surface area contributed by atoms with Gasteiger partial charge in [0.2, 0.25) is 0 Å². The van der Waals surface area contributed by atoms with E-state index in [-0.39, 0.29) is 0 Å². The molecule has 0 saturated heterocycles. The molecule has 0 aliphatic carbocycles. The van der Waals surface area contributed by atoms with Crippen molar-refractivity contribution in [2.75, 3.05) is 18.1 Å². The number of rotatable bonds is 12. The average molecular weight is 495 g/mol. The summed E-state index contributed by atoms with van der Waals surface area (Å²) in [5.74, 6) is 0.265. The quantitative estimate of drug-likeness (QED) is 0.251. The number of carbonyl (C=O) groups is 1. The van der Waals surface area contributed by atoms with Gasteiger partial charge < -0.3 is 23.9 Å². The van der Waals surface area contributed by atoms with Crippen molar-refractivity contribution < 1.29 is 23.8 Å². The maximum absolute atomic E-state index is 11.5. The van der Waals surface area contributed by atoms with Crippen LogP contribution < -0.4 is 14.4 Å². The Morgan fingerprint density at radius 3 is 2.63 bits per heavy atom. The van der Waals surface area contributed by atoms with E-state index in [1.54, 1.807) is 18.2 Å². The molecule has 4 rings (SSSR count). The average Bonchev–Trinajstić information content (AvgIpc) is 3.29. The largest absolute Gasteiger partial charge is 0.492 e. The van der Waals surface area contributed by atoms with Gasteiger partial charge in [-0.15, -0.1) is 0 Å². The molecule has 4 aromatic rings. The van der Waals surface area contributed by atoms with Crippen LogP contribution in [0.4, 0.5) is 6.01 Å². The van der Waals surface area contributed by atoms with Crippen LogP contribution in [0.1, 0.15) is 25.3 Å². The molecule has 35 heavy (non-hydrogen) atoms. The number of carboxylic acid groups (broad SMARTS) is 1. The van der Waals surface area contributed by atoms with Gasteiger partial charge in [-0.05, 0) is 60.5 Å². The van der Waals surface area contributed by atoms with Crippen LogP contribution in [0.3, 0.4) is 0 Å². The van der Waals surface area contributed by atoms with Crippen LogP contribution in [0.15, 0.2) is 77.2 Å². The third kappa shape index (κ3) is 6.67. The Morgan fingerprint density at radius 2 is 1.89 bits per heavy atom. The molecule has 1 heterocycles. The van der Waals surface area contributed by atoms with Crippen LogP contribution in [0.5, 0.6) is 11.5 Å². The summed E-state index contributed by atoms with van der Waals surface area (Å²) in [6.45, 7) is 3.31. The van der Waals surface area contributed by atoms with Crippen LogP contribution in [-0.4, -0.2) is 35.3 Å². The van der Waals surface area contributed by atoms with Gasteiger partial charge in [0.25, 0.3) is 6.01 Å². The number of hydrogen-bond acceptors (Lipinski definition) is 6. The first-order valence-electron chi connectivity index (χ1n) is 11.5. The predicted molar refractivity (Wildman–Crippen MR) is 135 cm³/mol. The number of anilines is 1. The fourth-order valence-corrected chi connectivity index (χ4v) is 3.76. The number of hydrogen-bond donors (Lipinski definition) is 1. The second-order valence-electron chi connectivity index (χ2n) is 8.07. The lowest BCUT2D eigenvalue weighted by molar-refractivity contribution is -0.145. The minimum Gasteiger partial charge on any atom is -0.492 e. The van der Waals surface area contributed by atoms with E-state index in [9.17, 15) is 9.90 Å². The fourth-order valence-electron chi connectivity index (χ4n) is 3.64. The zero-order valence-corrected chi connectivity index (χ0v) is 20.1. The van der Waals surface area contributed by atoms with E-state index in [4.69, 9.17) is 25.5 Å². The Kier molecular flexibility index (Phi) is 8.11. The first-order chi connectivity index (χ1) is 17.0. The molecule has 0 aliphatic rings. The van der Waals surface area contributed by atoms with E-state index in [0.29, 0.717) is 48.5 Å². The number of fused-ring (bicyclic) bond motifs is 1. The van der Waals surface area contributed by atoms with Crippen molar-refractivity contribution in [2.24, 2.45) is 0 Å². The third-order valence-corrected chi connectivity index (χ3v) is 5.63. The Hall–Kier alpha value is -3.71. The van der Waals surface area contributed by atoms with Gasteiger partial charge in [-0.25, -0.2) is 4.79 Å². The molecule has 1 N–H and O–H groups in total. The number of aliphatic carboxylic acids is 1. The van der Waals surface area contributed by atoms with E-state index < -0.39 is 12.1 Å². The van der Waals surface area contributed by atoms with Crippen LogP contribution in [0, 0.1) is 0 Å². The highest BCUT2D eigenvalue weighted by atomic mass is 35.5. The molecule has 8 heteroatoms. The second kappa shape index (κ2) is 11.6. The molecule has 0 bridgehead atoms. The molecule has 1 aromatic heterocycles. The Labute approximate surface area is 208 Å². The first kappa shape index (κ1) is 24.4. The molecule has 0 aliphatic heterocycles. The molecule has 0 unspecified atom stereocenters. The van der Waals surface area contributed by atoms with Crippen molar-refractivity contribution in [2.45, 2.75) is 32.4 Å². The van der Waals surface area contributed by atoms with Crippen LogP contribution >= 0.6 is 11.6 Å². The van der Waals surface area contributed by atoms with Crippen LogP contribution in [-0.2, 0) is 11.3 Å². The van der Waals surface area contributed by atoms with Gasteiger partial charge in [-0.3, -0.25) is 0 Å². The Morgan fingerprint density at radius 1 is 1.09 bits per heavy atom. The van der Waals surface area contributed by atoms with E-state index in [1.807, 2.05) is 66.4 Å². The van der Waals surface area contributed by atoms with Gasteiger partial charge >= 0.3 is 5.97 Å². The maximum atomic E-state index is 11.5. The van der Waals surface area contributed by atoms with Gasteiger partial charge in [-0.1, -0.05) is 49.2 Å². The summed E-state index contributed by atoms with van der Waals surface area (Å²) in [5.41, 5.74) is 2.40. The number of aromatic nitrogens is 1. The van der Waals surface area contributed by atoms with E-state index in [0.717, 1.165) is 23.3 Å². The van der Waals surface area contributed by atoms with Crippen molar-refractivity contribution in [3.05, 3.63) is 83.4 Å². The van der Waals surface area contributed by atoms with E-state index in [2.05, 4.69) is 4.98 Å². The summed E-state index contributed by atoms with van der Waals surface area (Å²) in [6.07, 6.45) is 0.281. The van der Waals surface area contributed by atoms with Gasteiger partial charge in [0.1, 0.15) is 23.6 Å². The molecule has 182 valence electrons. The Bertz CT molecular complexity index is 1220. The number of benzene rings is 3. The van der Waals surface area contributed by atoms with Crippen LogP contribution in [0.25, 0.3) is 11.1 Å². The molecule has 0 saturated carbocycles. The molecule has 0 fully saturated rings. The molecule has 3 aromatic carbocycles. The van der Waals surface area contributed by atoms with E-state index >= 15 is 0 Å². The van der Waals surface area contributed by atoms with Crippen molar-refractivity contribution in [3.63, 3.8) is 0 Å². The smallest absolute Gasteiger partial charge is 0.344 e. The minimum atomic E-state index is -0.968. The first-order valence-corrected chi connectivity index (χ1v) is 11.9. The topological polar surface area (TPSA) is 85.0 Å². The summed E-state index contributed by atoms with van der Waals surface area (Å²) < 4.78 is 17.7. The van der Waals surface area contributed by atoms with E-state index in [1.165, 1.54) is 0 Å². The molecular formula is C27H27ClN2O5. The van der Waals surface area contributed by atoms with Gasteiger partial charge in [0.15, 0.2) is 11.7 Å². The van der Waals surface area contributed by atoms with Gasteiger partial charge in [-0.2, -0.15) is 4.98 Å². The molecular weight excluding hydrogens is 468 g/mol. The lowest BCUT2D eigenvalue weighted by atomic mass is 10.2. The third-order valence-electron chi connectivity index (χ3n) is 5.37. The number of nitrogens with zero attached hydrogens (tertiary/aromatic N) is 2. The van der Waals surface area contributed by atoms with Crippen molar-refractivity contribution in [1.82, 2.24) is 4.98 Å². The SMILES string of the molecule is CCC[C@@H](Oc1cccc(CN(CCOc2ccc(Cl)cc2)c2nc3ccccc3o2)c1)C(=O)O. The molecule has 7 nitrogen and oxygen atoms in total. The monoisotopic (exact) mass is 494 g/mol. The highest BCUT2D eigenvalue weighted by molar-refractivity contribution is 6.30. The molecule has 1 atom stereocenters. The minimum absolute atomic E-state index is 0.397. The number of oxazole rings is 1. The second-order valence-corrected chi connectivity index (χ2v) is 8.51. The standard InChI is InChI=1S/C27H27ClN2O5/c1-2-6-25(26(31)32)34-22-8-5-7-19(17-22)18-30(15-16-33-21-13-11-20(28)12-14-21)27-29-23-9-3-4-10-24(23)35-27/h3-5,7-14,17,25H,2,6,15-16,18H2,1H3,(H,31,32)/t25-/m1/s1. The van der Waals surface area contributed by atoms with Crippen molar-refractivity contribution in [1.29, 1.82) is 0 Å². The summed E-state index contributed by atoms with van der Waals surface area (Å²) in [5, 5.41) is 10.1. The van der Waals surface area contributed by atoms with Crippen molar-refractivity contribution >= 4 is 34.7 Å².